The average Bonchev–Trinajstić information content (AvgIpc) is 2.92. The first-order chi connectivity index (χ1) is 10.9. The molecule has 3 nitrogen and oxygen atoms in total. The molecule has 2 aliphatic rings. The van der Waals surface area contributed by atoms with E-state index >= 15 is 0 Å². The molecule has 1 fully saturated rings. The molecule has 0 unspecified atom stereocenters. The van der Waals surface area contributed by atoms with Gasteiger partial charge in [0.05, 0.1) is 22.4 Å². The van der Waals surface area contributed by atoms with Gasteiger partial charge in [0.15, 0.2) is 0 Å². The van der Waals surface area contributed by atoms with Gasteiger partial charge >= 0.3 is 0 Å². The van der Waals surface area contributed by atoms with Crippen LogP contribution in [0, 0.1) is 0 Å². The van der Waals surface area contributed by atoms with Gasteiger partial charge in [-0.15, -0.1) is 0 Å². The Bertz CT molecular complexity index is 856. The molecule has 1 aliphatic carbocycles. The van der Waals surface area contributed by atoms with Crippen molar-refractivity contribution in [2.24, 2.45) is 0 Å². The predicted molar refractivity (Wildman–Crippen MR) is 90.7 cm³/mol. The molecule has 0 amide bonds. The summed E-state index contributed by atoms with van der Waals surface area (Å²) >= 11 is 0. The highest BCUT2D eigenvalue weighted by atomic mass is 15.0. The molecule has 1 N–H and O–H groups in total. The highest BCUT2D eigenvalue weighted by molar-refractivity contribution is 6.04. The molecule has 3 heteroatoms. The fourth-order valence-corrected chi connectivity index (χ4v) is 4.37. The van der Waals surface area contributed by atoms with E-state index < -0.39 is 0 Å². The topological polar surface area (TPSA) is 29.3 Å². The Kier molecular flexibility index (Phi) is 2.69. The minimum absolute atomic E-state index is 0.756. The van der Waals surface area contributed by atoms with Gasteiger partial charge in [0.1, 0.15) is 0 Å². The molecule has 1 saturated carbocycles. The van der Waals surface area contributed by atoms with E-state index in [1.807, 2.05) is 6.20 Å². The third-order valence-electron chi connectivity index (χ3n) is 5.49. The van der Waals surface area contributed by atoms with Crippen molar-refractivity contribution in [3.63, 3.8) is 0 Å². The molecule has 2 aromatic heterocycles. The second-order valence-corrected chi connectivity index (χ2v) is 6.76. The van der Waals surface area contributed by atoms with Gasteiger partial charge in [0.2, 0.25) is 0 Å². The first kappa shape index (κ1) is 12.5. The molecular weight excluding hydrogens is 270 g/mol. The van der Waals surface area contributed by atoms with Gasteiger partial charge in [0.25, 0.3) is 0 Å². The van der Waals surface area contributed by atoms with Crippen molar-refractivity contribution < 1.29 is 0 Å². The lowest BCUT2D eigenvalue weighted by molar-refractivity contribution is 0.444. The van der Waals surface area contributed by atoms with Gasteiger partial charge in [-0.1, -0.05) is 31.4 Å². The Labute approximate surface area is 130 Å². The number of hydrogen-bond acceptors (Lipinski definition) is 2. The minimum Gasteiger partial charge on any atom is -0.382 e. The number of anilines is 1. The number of nitrogens with zero attached hydrogens (tertiary/aromatic N) is 2. The molecular formula is C19H21N3. The zero-order chi connectivity index (χ0) is 14.5. The Morgan fingerprint density at radius 2 is 2.05 bits per heavy atom. The fraction of sp³-hybridized carbons (Fsp3) is 0.421. The summed E-state index contributed by atoms with van der Waals surface area (Å²) in [6.07, 6.45) is 12.0. The second-order valence-electron chi connectivity index (χ2n) is 6.76. The fourth-order valence-electron chi connectivity index (χ4n) is 4.37. The van der Waals surface area contributed by atoms with Gasteiger partial charge in [-0.3, -0.25) is 4.98 Å². The van der Waals surface area contributed by atoms with E-state index in [9.17, 15) is 0 Å². The summed E-state index contributed by atoms with van der Waals surface area (Å²) in [4.78, 5) is 4.58. The molecule has 112 valence electrons. The first-order valence-electron chi connectivity index (χ1n) is 8.57. The number of aromatic nitrogens is 2. The molecule has 22 heavy (non-hydrogen) atoms. The van der Waals surface area contributed by atoms with E-state index in [-0.39, 0.29) is 0 Å². The van der Waals surface area contributed by atoms with Crippen molar-refractivity contribution in [2.45, 2.75) is 44.4 Å². The number of hydrogen-bond donors (Lipinski definition) is 1. The first-order valence-corrected chi connectivity index (χ1v) is 8.57. The van der Waals surface area contributed by atoms with Crippen molar-refractivity contribution in [1.82, 2.24) is 9.38 Å². The van der Waals surface area contributed by atoms with Crippen LogP contribution in [0.4, 0.5) is 5.69 Å². The van der Waals surface area contributed by atoms with E-state index in [0.717, 1.165) is 18.9 Å². The predicted octanol–water partition coefficient (Wildman–Crippen LogP) is 4.50. The minimum atomic E-state index is 0.756. The van der Waals surface area contributed by atoms with Crippen LogP contribution in [0.25, 0.3) is 16.4 Å². The molecule has 0 bridgehead atoms. The average molecular weight is 291 g/mol. The van der Waals surface area contributed by atoms with Crippen LogP contribution in [0.15, 0.2) is 30.6 Å². The van der Waals surface area contributed by atoms with Crippen molar-refractivity contribution >= 4 is 22.1 Å². The maximum absolute atomic E-state index is 4.58. The lowest BCUT2D eigenvalue weighted by atomic mass is 9.84. The standard InChI is InChI=1S/C19H21N3/c1-2-4-13(5-3-1)14-6-7-15-17(12-14)22-11-10-20-16-8-9-21-18(15)19(16)22/h6-7,10-13,21H,1-5,8-9H2. The molecule has 0 spiro atoms. The molecule has 0 saturated heterocycles. The van der Waals surface area contributed by atoms with Crippen molar-refractivity contribution in [1.29, 1.82) is 0 Å². The van der Waals surface area contributed by atoms with Crippen LogP contribution in [0.5, 0.6) is 0 Å². The smallest absolute Gasteiger partial charge is 0.0914 e. The Morgan fingerprint density at radius 3 is 2.95 bits per heavy atom. The number of nitrogens with one attached hydrogen (secondary N) is 1. The SMILES string of the molecule is c1cn2c3c(n1)CCNc3c1ccc(C3CCCCC3)cc12. The van der Waals surface area contributed by atoms with E-state index in [4.69, 9.17) is 0 Å². The van der Waals surface area contributed by atoms with Crippen LogP contribution in [0.2, 0.25) is 0 Å². The zero-order valence-electron chi connectivity index (χ0n) is 12.8. The highest BCUT2D eigenvalue weighted by Crippen LogP contribution is 2.39. The summed E-state index contributed by atoms with van der Waals surface area (Å²) in [7, 11) is 0. The van der Waals surface area contributed by atoms with Crippen molar-refractivity contribution in [2.75, 3.05) is 11.9 Å². The van der Waals surface area contributed by atoms with Crippen LogP contribution < -0.4 is 5.32 Å². The van der Waals surface area contributed by atoms with E-state index in [1.165, 1.54) is 65.5 Å². The largest absolute Gasteiger partial charge is 0.382 e. The molecule has 1 aliphatic heterocycles. The summed E-state index contributed by atoms with van der Waals surface area (Å²) in [5.74, 6) is 0.756. The molecule has 3 heterocycles. The molecule has 3 aromatic rings. The lowest BCUT2D eigenvalue weighted by Crippen LogP contribution is -2.12. The molecule has 0 radical (unpaired) electrons. The third kappa shape index (κ3) is 1.71. The van der Waals surface area contributed by atoms with Gasteiger partial charge in [-0.05, 0) is 30.4 Å². The van der Waals surface area contributed by atoms with Gasteiger partial charge < -0.3 is 9.72 Å². The van der Waals surface area contributed by atoms with Crippen LogP contribution in [-0.2, 0) is 6.42 Å². The van der Waals surface area contributed by atoms with Crippen LogP contribution >= 0.6 is 0 Å². The third-order valence-corrected chi connectivity index (χ3v) is 5.49. The summed E-state index contributed by atoms with van der Waals surface area (Å²) in [6.45, 7) is 0.989. The Balaban J connectivity index is 1.75. The summed E-state index contributed by atoms with van der Waals surface area (Å²) in [5, 5.41) is 4.93. The van der Waals surface area contributed by atoms with Gasteiger partial charge in [-0.25, -0.2) is 0 Å². The van der Waals surface area contributed by atoms with Crippen molar-refractivity contribution in [3.8, 4) is 0 Å². The number of fused-ring (bicyclic) bond motifs is 3. The highest BCUT2D eigenvalue weighted by Gasteiger charge is 2.21. The van der Waals surface area contributed by atoms with Crippen LogP contribution in [-0.4, -0.2) is 15.9 Å². The second kappa shape index (κ2) is 4.73. The molecule has 1 aromatic carbocycles. The normalized spacial score (nSPS) is 18.7. The Morgan fingerprint density at radius 1 is 1.14 bits per heavy atom. The summed E-state index contributed by atoms with van der Waals surface area (Å²) in [6, 6.07) is 7.11. The van der Waals surface area contributed by atoms with Crippen LogP contribution in [0.3, 0.4) is 0 Å². The summed E-state index contributed by atoms with van der Waals surface area (Å²) in [5.41, 5.74) is 6.65. The van der Waals surface area contributed by atoms with E-state index in [0.29, 0.717) is 0 Å². The van der Waals surface area contributed by atoms with Crippen molar-refractivity contribution in [3.05, 3.63) is 41.9 Å². The number of benzene rings is 1. The maximum Gasteiger partial charge on any atom is 0.0914 e. The lowest BCUT2D eigenvalue weighted by Gasteiger charge is -2.22. The van der Waals surface area contributed by atoms with E-state index in [1.54, 1.807) is 0 Å². The van der Waals surface area contributed by atoms with Gasteiger partial charge in [0, 0.05) is 30.7 Å². The quantitative estimate of drug-likeness (QED) is 0.715. The monoisotopic (exact) mass is 291 g/mol. The zero-order valence-corrected chi connectivity index (χ0v) is 12.8. The van der Waals surface area contributed by atoms with Crippen LogP contribution in [0.1, 0.15) is 49.3 Å². The van der Waals surface area contributed by atoms with E-state index in [2.05, 4.69) is 39.1 Å². The number of rotatable bonds is 1. The maximum atomic E-state index is 4.58. The molecule has 0 atom stereocenters. The van der Waals surface area contributed by atoms with Gasteiger partial charge in [-0.2, -0.15) is 0 Å². The Hall–Kier alpha value is -2.03. The summed E-state index contributed by atoms with van der Waals surface area (Å²) < 4.78 is 2.34. The molecule has 5 rings (SSSR count).